The Labute approximate surface area is 128 Å². The number of nitro groups is 1. The highest BCUT2D eigenvalue weighted by atomic mass is 79.9. The highest BCUT2D eigenvalue weighted by Crippen LogP contribution is 2.34. The van der Waals surface area contributed by atoms with Gasteiger partial charge in [-0.3, -0.25) is 10.1 Å². The predicted octanol–water partition coefficient (Wildman–Crippen LogP) is 4.30. The van der Waals surface area contributed by atoms with Crippen LogP contribution in [0.15, 0.2) is 40.9 Å². The van der Waals surface area contributed by atoms with Gasteiger partial charge < -0.3 is 9.84 Å². The quantitative estimate of drug-likeness (QED) is 0.653. The second kappa shape index (κ2) is 6.21. The molecular formula is C13H9BrClNO4. The first kappa shape index (κ1) is 14.8. The average molecular weight is 359 g/mol. The molecule has 7 heteroatoms. The maximum atomic E-state index is 10.7. The van der Waals surface area contributed by atoms with E-state index in [1.54, 1.807) is 18.2 Å². The second-order valence-electron chi connectivity index (χ2n) is 3.88. The molecule has 104 valence electrons. The van der Waals surface area contributed by atoms with Gasteiger partial charge in [-0.2, -0.15) is 0 Å². The Balaban J connectivity index is 2.39. The van der Waals surface area contributed by atoms with Crippen molar-refractivity contribution in [2.24, 2.45) is 0 Å². The van der Waals surface area contributed by atoms with Crippen molar-refractivity contribution in [1.29, 1.82) is 0 Å². The Morgan fingerprint density at radius 1 is 1.25 bits per heavy atom. The number of aliphatic hydroxyl groups excluding tert-OH is 1. The number of benzene rings is 2. The van der Waals surface area contributed by atoms with Gasteiger partial charge in [-0.05, 0) is 24.3 Å². The number of non-ortho nitro benzene ring substituents is 1. The van der Waals surface area contributed by atoms with Gasteiger partial charge in [0.25, 0.3) is 5.69 Å². The maximum absolute atomic E-state index is 10.7. The van der Waals surface area contributed by atoms with Crippen molar-refractivity contribution in [1.82, 2.24) is 0 Å². The van der Waals surface area contributed by atoms with E-state index in [0.29, 0.717) is 11.3 Å². The van der Waals surface area contributed by atoms with Crippen molar-refractivity contribution in [3.63, 3.8) is 0 Å². The number of halogens is 2. The van der Waals surface area contributed by atoms with E-state index in [4.69, 9.17) is 16.3 Å². The number of nitro benzene ring substituents is 1. The van der Waals surface area contributed by atoms with Gasteiger partial charge in [0.15, 0.2) is 5.75 Å². The zero-order valence-electron chi connectivity index (χ0n) is 10.0. The van der Waals surface area contributed by atoms with Crippen molar-refractivity contribution in [3.8, 4) is 11.5 Å². The van der Waals surface area contributed by atoms with Gasteiger partial charge in [-0.25, -0.2) is 0 Å². The molecule has 0 saturated carbocycles. The van der Waals surface area contributed by atoms with Crippen molar-refractivity contribution in [2.75, 3.05) is 0 Å². The fourth-order valence-corrected chi connectivity index (χ4v) is 2.14. The van der Waals surface area contributed by atoms with Crippen LogP contribution in [0.2, 0.25) is 5.02 Å². The first-order chi connectivity index (χ1) is 9.51. The summed E-state index contributed by atoms with van der Waals surface area (Å²) in [5.74, 6) is 0.552. The number of nitrogens with zero attached hydrogens (tertiary/aromatic N) is 1. The Morgan fingerprint density at radius 3 is 2.65 bits per heavy atom. The highest BCUT2D eigenvalue weighted by molar-refractivity contribution is 9.10. The minimum atomic E-state index is -0.530. The lowest BCUT2D eigenvalue weighted by Gasteiger charge is -2.11. The summed E-state index contributed by atoms with van der Waals surface area (Å²) in [6, 6.07) is 9.01. The Hall–Kier alpha value is -1.63. The smallest absolute Gasteiger partial charge is 0.273 e. The zero-order chi connectivity index (χ0) is 14.7. The molecule has 0 unspecified atom stereocenters. The molecule has 1 N–H and O–H groups in total. The fraction of sp³-hybridized carbons (Fsp3) is 0.0769. The van der Waals surface area contributed by atoms with Gasteiger partial charge in [0.1, 0.15) is 5.75 Å². The van der Waals surface area contributed by atoms with Crippen LogP contribution in [-0.2, 0) is 6.61 Å². The first-order valence-electron chi connectivity index (χ1n) is 5.52. The molecule has 2 aromatic carbocycles. The number of ether oxygens (including phenoxy) is 1. The maximum Gasteiger partial charge on any atom is 0.273 e. The van der Waals surface area contributed by atoms with Gasteiger partial charge in [-0.15, -0.1) is 0 Å². The molecule has 0 aliphatic heterocycles. The topological polar surface area (TPSA) is 72.6 Å². The van der Waals surface area contributed by atoms with Crippen LogP contribution in [0.1, 0.15) is 5.56 Å². The van der Waals surface area contributed by atoms with Crippen LogP contribution in [0.3, 0.4) is 0 Å². The first-order valence-corrected chi connectivity index (χ1v) is 6.69. The fourth-order valence-electron chi connectivity index (χ4n) is 1.57. The van der Waals surface area contributed by atoms with E-state index in [1.807, 2.05) is 0 Å². The van der Waals surface area contributed by atoms with Crippen LogP contribution in [0, 0.1) is 10.1 Å². The number of hydrogen-bond acceptors (Lipinski definition) is 4. The third kappa shape index (κ3) is 3.27. The molecule has 0 heterocycles. The molecular weight excluding hydrogens is 350 g/mol. The van der Waals surface area contributed by atoms with Crippen LogP contribution in [0.5, 0.6) is 11.5 Å². The van der Waals surface area contributed by atoms with E-state index in [2.05, 4.69) is 15.9 Å². The third-order valence-corrected chi connectivity index (χ3v) is 3.34. The summed E-state index contributed by atoms with van der Waals surface area (Å²) in [4.78, 5) is 10.2. The molecule has 0 amide bonds. The van der Waals surface area contributed by atoms with Crippen LogP contribution >= 0.6 is 27.5 Å². The van der Waals surface area contributed by atoms with Crippen molar-refractivity contribution in [2.45, 2.75) is 6.61 Å². The van der Waals surface area contributed by atoms with Gasteiger partial charge in [-0.1, -0.05) is 27.5 Å². The minimum Gasteiger partial charge on any atom is -0.455 e. The van der Waals surface area contributed by atoms with Crippen LogP contribution in [0.25, 0.3) is 0 Å². The van der Waals surface area contributed by atoms with Crippen LogP contribution in [-0.4, -0.2) is 10.0 Å². The molecule has 2 aromatic rings. The third-order valence-electron chi connectivity index (χ3n) is 2.54. The molecule has 0 atom stereocenters. The largest absolute Gasteiger partial charge is 0.455 e. The van der Waals surface area contributed by atoms with Gasteiger partial charge in [0.2, 0.25) is 0 Å². The van der Waals surface area contributed by atoms with E-state index in [1.165, 1.54) is 18.2 Å². The van der Waals surface area contributed by atoms with Crippen LogP contribution in [0.4, 0.5) is 5.69 Å². The zero-order valence-corrected chi connectivity index (χ0v) is 12.4. The summed E-state index contributed by atoms with van der Waals surface area (Å²) >= 11 is 9.24. The molecule has 5 nitrogen and oxygen atoms in total. The van der Waals surface area contributed by atoms with Gasteiger partial charge >= 0.3 is 0 Å². The summed E-state index contributed by atoms with van der Waals surface area (Å²) in [5.41, 5.74) is 0.425. The lowest BCUT2D eigenvalue weighted by Crippen LogP contribution is -1.94. The van der Waals surface area contributed by atoms with Gasteiger partial charge in [0, 0.05) is 16.1 Å². The molecule has 0 bridgehead atoms. The molecule has 0 fully saturated rings. The molecule has 0 spiro atoms. The Bertz CT molecular complexity index is 663. The monoisotopic (exact) mass is 357 g/mol. The van der Waals surface area contributed by atoms with Crippen molar-refractivity contribution < 1.29 is 14.8 Å². The second-order valence-corrected chi connectivity index (χ2v) is 5.21. The SMILES string of the molecule is O=[N+]([O-])c1ccc(Cl)c(Oc2ccc(Br)cc2CO)c1. The van der Waals surface area contributed by atoms with E-state index in [0.717, 1.165) is 4.47 Å². The number of rotatable bonds is 4. The van der Waals surface area contributed by atoms with E-state index in [9.17, 15) is 15.2 Å². The molecule has 2 rings (SSSR count). The summed E-state index contributed by atoms with van der Waals surface area (Å²) in [6.45, 7) is -0.221. The predicted molar refractivity (Wildman–Crippen MR) is 78.2 cm³/mol. The molecule has 0 aliphatic rings. The highest BCUT2D eigenvalue weighted by Gasteiger charge is 2.13. The summed E-state index contributed by atoms with van der Waals surface area (Å²) in [7, 11) is 0. The standard InChI is InChI=1S/C13H9BrClNO4/c14-9-1-4-12(8(5-9)7-17)20-13-6-10(16(18)19)2-3-11(13)15/h1-6,17H,7H2. The summed E-state index contributed by atoms with van der Waals surface area (Å²) in [6.07, 6.45) is 0. The summed E-state index contributed by atoms with van der Waals surface area (Å²) < 4.78 is 6.35. The summed E-state index contributed by atoms with van der Waals surface area (Å²) in [5, 5.41) is 20.3. The van der Waals surface area contributed by atoms with Crippen molar-refractivity contribution >= 4 is 33.2 Å². The van der Waals surface area contributed by atoms with E-state index in [-0.39, 0.29) is 23.1 Å². The molecule has 0 saturated heterocycles. The minimum absolute atomic E-state index is 0.118. The molecule has 0 aliphatic carbocycles. The number of aliphatic hydroxyl groups is 1. The average Bonchev–Trinajstić information content (AvgIpc) is 2.42. The molecule has 0 radical (unpaired) electrons. The Morgan fingerprint density at radius 2 is 2.00 bits per heavy atom. The van der Waals surface area contributed by atoms with Crippen LogP contribution < -0.4 is 4.74 Å². The van der Waals surface area contributed by atoms with Gasteiger partial charge in [0.05, 0.1) is 22.6 Å². The lowest BCUT2D eigenvalue weighted by molar-refractivity contribution is -0.384. The molecule has 0 aromatic heterocycles. The number of hydrogen-bond donors (Lipinski definition) is 1. The van der Waals surface area contributed by atoms with E-state index < -0.39 is 4.92 Å². The lowest BCUT2D eigenvalue weighted by atomic mass is 10.2. The Kier molecular flexibility index (Phi) is 4.59. The molecule has 20 heavy (non-hydrogen) atoms. The van der Waals surface area contributed by atoms with Crippen molar-refractivity contribution in [3.05, 3.63) is 61.6 Å². The van der Waals surface area contributed by atoms with E-state index >= 15 is 0 Å². The normalized spacial score (nSPS) is 10.3.